The van der Waals surface area contributed by atoms with Crippen LogP contribution in [-0.4, -0.2) is 9.97 Å². The van der Waals surface area contributed by atoms with Crippen LogP contribution in [-0.2, 0) is 6.18 Å². The number of aryl methyl sites for hydroxylation is 1. The van der Waals surface area contributed by atoms with E-state index < -0.39 is 11.7 Å². The molecule has 0 saturated carbocycles. The zero-order valence-electron chi connectivity index (χ0n) is 5.68. The van der Waals surface area contributed by atoms with E-state index in [2.05, 4.69) is 9.97 Å². The van der Waals surface area contributed by atoms with E-state index in [0.717, 1.165) is 12.5 Å². The molecule has 60 valence electrons. The van der Waals surface area contributed by atoms with Gasteiger partial charge in [0.1, 0.15) is 6.33 Å². The monoisotopic (exact) mass is 162 g/mol. The Balaban J connectivity index is 3.14. The highest BCUT2D eigenvalue weighted by Crippen LogP contribution is 2.29. The van der Waals surface area contributed by atoms with Gasteiger partial charge in [-0.05, 0) is 6.92 Å². The molecular formula is C6H5F3N2. The van der Waals surface area contributed by atoms with Gasteiger partial charge < -0.3 is 0 Å². The number of halogens is 3. The zero-order chi connectivity index (χ0) is 8.48. The van der Waals surface area contributed by atoms with Crippen LogP contribution < -0.4 is 0 Å². The highest BCUT2D eigenvalue weighted by molar-refractivity contribution is 5.17. The second kappa shape index (κ2) is 2.48. The van der Waals surface area contributed by atoms with Gasteiger partial charge in [0, 0.05) is 6.20 Å². The van der Waals surface area contributed by atoms with E-state index in [1.165, 1.54) is 6.92 Å². The standard InChI is InChI=1S/C6H5F3N2/c1-4-5(6(7,8)9)2-10-3-11-4/h2-3H,1H3. The smallest absolute Gasteiger partial charge is 0.244 e. The maximum Gasteiger partial charge on any atom is 0.419 e. The van der Waals surface area contributed by atoms with Crippen molar-refractivity contribution >= 4 is 0 Å². The number of alkyl halides is 3. The largest absolute Gasteiger partial charge is 0.419 e. The molecule has 0 aliphatic carbocycles. The molecule has 0 saturated heterocycles. The molecular weight excluding hydrogens is 157 g/mol. The van der Waals surface area contributed by atoms with Gasteiger partial charge in [-0.2, -0.15) is 13.2 Å². The predicted molar refractivity (Wildman–Crippen MR) is 31.8 cm³/mol. The molecule has 0 radical (unpaired) electrons. The van der Waals surface area contributed by atoms with Gasteiger partial charge in [0.25, 0.3) is 0 Å². The molecule has 1 rings (SSSR count). The fourth-order valence-corrected chi connectivity index (χ4v) is 0.669. The summed E-state index contributed by atoms with van der Waals surface area (Å²) in [5, 5.41) is 0. The minimum Gasteiger partial charge on any atom is -0.244 e. The van der Waals surface area contributed by atoms with Gasteiger partial charge >= 0.3 is 6.18 Å². The Labute approximate surface area is 61.1 Å². The van der Waals surface area contributed by atoms with E-state index in [1.807, 2.05) is 0 Å². The molecule has 0 unspecified atom stereocenters. The van der Waals surface area contributed by atoms with E-state index in [-0.39, 0.29) is 5.69 Å². The van der Waals surface area contributed by atoms with Gasteiger partial charge in [-0.3, -0.25) is 0 Å². The molecule has 0 aliphatic heterocycles. The first-order valence-electron chi connectivity index (χ1n) is 2.85. The molecule has 0 spiro atoms. The molecule has 1 aromatic heterocycles. The van der Waals surface area contributed by atoms with Crippen molar-refractivity contribution in [3.8, 4) is 0 Å². The third-order valence-corrected chi connectivity index (χ3v) is 1.22. The lowest BCUT2D eigenvalue weighted by Crippen LogP contribution is -2.08. The lowest BCUT2D eigenvalue weighted by Gasteiger charge is -2.06. The summed E-state index contributed by atoms with van der Waals surface area (Å²) >= 11 is 0. The van der Waals surface area contributed by atoms with Crippen molar-refractivity contribution in [1.82, 2.24) is 9.97 Å². The molecule has 1 aromatic rings. The molecule has 1 heterocycles. The molecule has 0 atom stereocenters. The van der Waals surface area contributed by atoms with E-state index in [4.69, 9.17) is 0 Å². The lowest BCUT2D eigenvalue weighted by molar-refractivity contribution is -0.138. The minimum absolute atomic E-state index is 0.0486. The fourth-order valence-electron chi connectivity index (χ4n) is 0.669. The van der Waals surface area contributed by atoms with E-state index >= 15 is 0 Å². The van der Waals surface area contributed by atoms with Crippen LogP contribution in [0.3, 0.4) is 0 Å². The average molecular weight is 162 g/mol. The number of hydrogen-bond donors (Lipinski definition) is 0. The number of hydrogen-bond acceptors (Lipinski definition) is 2. The van der Waals surface area contributed by atoms with Crippen molar-refractivity contribution in [1.29, 1.82) is 0 Å². The molecule has 0 fully saturated rings. The SMILES string of the molecule is Cc1ncncc1C(F)(F)F. The second-order valence-electron chi connectivity index (χ2n) is 2.02. The molecule has 0 N–H and O–H groups in total. The molecule has 0 aliphatic rings. The van der Waals surface area contributed by atoms with Crippen LogP contribution in [0.2, 0.25) is 0 Å². The Hall–Kier alpha value is -1.13. The van der Waals surface area contributed by atoms with Crippen molar-refractivity contribution in [3.63, 3.8) is 0 Å². The van der Waals surface area contributed by atoms with Gasteiger partial charge in [0.15, 0.2) is 0 Å². The summed E-state index contributed by atoms with van der Waals surface area (Å²) < 4.78 is 35.9. The first kappa shape index (κ1) is 7.97. The average Bonchev–Trinajstić information content (AvgIpc) is 1.86. The van der Waals surface area contributed by atoms with Gasteiger partial charge in [-0.15, -0.1) is 0 Å². The Bertz CT molecular complexity index is 256. The summed E-state index contributed by atoms with van der Waals surface area (Å²) in [4.78, 5) is 6.70. The topological polar surface area (TPSA) is 25.8 Å². The predicted octanol–water partition coefficient (Wildman–Crippen LogP) is 1.80. The van der Waals surface area contributed by atoms with E-state index in [1.54, 1.807) is 0 Å². The van der Waals surface area contributed by atoms with E-state index in [0.29, 0.717) is 0 Å². The first-order valence-corrected chi connectivity index (χ1v) is 2.85. The fraction of sp³-hybridized carbons (Fsp3) is 0.333. The van der Waals surface area contributed by atoms with Crippen LogP contribution in [0.15, 0.2) is 12.5 Å². The quantitative estimate of drug-likeness (QED) is 0.581. The summed E-state index contributed by atoms with van der Waals surface area (Å²) in [7, 11) is 0. The van der Waals surface area contributed by atoms with Crippen LogP contribution in [0.5, 0.6) is 0 Å². The van der Waals surface area contributed by atoms with Gasteiger partial charge in [-0.1, -0.05) is 0 Å². The maximum atomic E-state index is 12.0. The Morgan fingerprint density at radius 2 is 2.00 bits per heavy atom. The van der Waals surface area contributed by atoms with Crippen molar-refractivity contribution in [2.45, 2.75) is 13.1 Å². The Morgan fingerprint density at radius 1 is 1.36 bits per heavy atom. The van der Waals surface area contributed by atoms with Crippen LogP contribution in [0.25, 0.3) is 0 Å². The van der Waals surface area contributed by atoms with Crippen LogP contribution >= 0.6 is 0 Å². The van der Waals surface area contributed by atoms with Gasteiger partial charge in [0.05, 0.1) is 11.3 Å². The van der Waals surface area contributed by atoms with Crippen molar-refractivity contribution < 1.29 is 13.2 Å². The number of aromatic nitrogens is 2. The summed E-state index contributed by atoms with van der Waals surface area (Å²) in [5.74, 6) is 0. The maximum absolute atomic E-state index is 12.0. The van der Waals surface area contributed by atoms with Crippen molar-refractivity contribution in [2.24, 2.45) is 0 Å². The third kappa shape index (κ3) is 1.66. The molecule has 0 bridgehead atoms. The highest BCUT2D eigenvalue weighted by atomic mass is 19.4. The normalized spacial score (nSPS) is 11.6. The third-order valence-electron chi connectivity index (χ3n) is 1.22. The van der Waals surface area contributed by atoms with Crippen LogP contribution in [0.1, 0.15) is 11.3 Å². The zero-order valence-corrected chi connectivity index (χ0v) is 5.68. The Morgan fingerprint density at radius 3 is 2.36 bits per heavy atom. The lowest BCUT2D eigenvalue weighted by atomic mass is 10.2. The summed E-state index contributed by atoms with van der Waals surface area (Å²) in [6, 6.07) is 0. The number of nitrogens with zero attached hydrogens (tertiary/aromatic N) is 2. The summed E-state index contributed by atoms with van der Waals surface area (Å²) in [6.07, 6.45) is -2.49. The molecule has 2 nitrogen and oxygen atoms in total. The van der Waals surface area contributed by atoms with Crippen LogP contribution in [0, 0.1) is 6.92 Å². The van der Waals surface area contributed by atoms with Gasteiger partial charge in [0.2, 0.25) is 0 Å². The minimum atomic E-state index is -4.34. The molecule has 5 heteroatoms. The Kier molecular flexibility index (Phi) is 1.80. The summed E-state index contributed by atoms with van der Waals surface area (Å²) in [5.41, 5.74) is -0.826. The molecule has 11 heavy (non-hydrogen) atoms. The number of rotatable bonds is 0. The van der Waals surface area contributed by atoms with Crippen molar-refractivity contribution in [2.75, 3.05) is 0 Å². The summed E-state index contributed by atoms with van der Waals surface area (Å²) in [6.45, 7) is 1.30. The molecule has 0 amide bonds. The van der Waals surface area contributed by atoms with Crippen LogP contribution in [0.4, 0.5) is 13.2 Å². The first-order chi connectivity index (χ1) is 5.02. The van der Waals surface area contributed by atoms with Crippen molar-refractivity contribution in [3.05, 3.63) is 23.8 Å². The molecule has 0 aromatic carbocycles. The highest BCUT2D eigenvalue weighted by Gasteiger charge is 2.33. The van der Waals surface area contributed by atoms with Gasteiger partial charge in [-0.25, -0.2) is 9.97 Å². The van der Waals surface area contributed by atoms with E-state index in [9.17, 15) is 13.2 Å². The second-order valence-corrected chi connectivity index (χ2v) is 2.02.